The maximum Gasteiger partial charge on any atom is 0.306 e. The second kappa shape index (κ2) is 41.8. The van der Waals surface area contributed by atoms with Gasteiger partial charge in [-0.3, -0.25) is 9.59 Å². The van der Waals surface area contributed by atoms with Crippen LogP contribution in [-0.2, 0) is 14.3 Å². The van der Waals surface area contributed by atoms with Crippen LogP contribution >= 0.6 is 0 Å². The van der Waals surface area contributed by atoms with Crippen molar-refractivity contribution in [2.24, 2.45) is 0 Å². The summed E-state index contributed by atoms with van der Waals surface area (Å²) in [4.78, 5) is 25.9. The van der Waals surface area contributed by atoms with Gasteiger partial charge in [-0.25, -0.2) is 0 Å². The lowest BCUT2D eigenvalue weighted by Crippen LogP contribution is -2.46. The fourth-order valence-electron chi connectivity index (χ4n) is 7.23. The minimum atomic E-state index is -0.784. The lowest BCUT2D eigenvalue weighted by atomic mass is 10.0. The SMILES string of the molecule is CCCC/C=C\CCCCCC(CC(=O)NC(CO)C(O)CCCCCCCCCCCCCCCC)OC(=O)CCCCCCCCCCCCC. The molecule has 0 spiro atoms. The van der Waals surface area contributed by atoms with Crippen LogP contribution in [0.2, 0.25) is 0 Å². The molecule has 6 heteroatoms. The summed E-state index contributed by atoms with van der Waals surface area (Å²) in [6, 6.07) is -0.698. The van der Waals surface area contributed by atoms with Gasteiger partial charge in [0, 0.05) is 6.42 Å². The summed E-state index contributed by atoms with van der Waals surface area (Å²) in [6.45, 7) is 6.43. The van der Waals surface area contributed by atoms with E-state index in [9.17, 15) is 19.8 Å². The first-order chi connectivity index (χ1) is 26.0. The summed E-state index contributed by atoms with van der Waals surface area (Å²) in [5.74, 6) is -0.482. The van der Waals surface area contributed by atoms with Crippen LogP contribution in [0, 0.1) is 0 Å². The molecule has 314 valence electrons. The van der Waals surface area contributed by atoms with Crippen molar-refractivity contribution in [3.05, 3.63) is 12.2 Å². The van der Waals surface area contributed by atoms with Crippen LogP contribution in [0.1, 0.15) is 252 Å². The van der Waals surface area contributed by atoms with Crippen LogP contribution in [-0.4, -0.2) is 46.9 Å². The Morgan fingerprint density at radius 1 is 0.528 bits per heavy atom. The maximum atomic E-state index is 13.1. The standard InChI is InChI=1S/C47H91NO5/c1-4-7-10-13-16-19-21-22-23-25-27-30-33-36-39-45(50)44(42-49)48-46(51)41-43(38-35-32-29-26-18-15-12-9-6-3)53-47(52)40-37-34-31-28-24-20-17-14-11-8-5-2/h15,18,43-45,49-50H,4-14,16-17,19-42H2,1-3H3,(H,48,51)/b18-15-. The van der Waals surface area contributed by atoms with Crippen LogP contribution in [0.25, 0.3) is 0 Å². The number of hydrogen-bond acceptors (Lipinski definition) is 5. The van der Waals surface area contributed by atoms with Crippen LogP contribution < -0.4 is 5.32 Å². The summed E-state index contributed by atoms with van der Waals surface area (Å²) in [5, 5.41) is 23.6. The monoisotopic (exact) mass is 750 g/mol. The summed E-state index contributed by atoms with van der Waals surface area (Å²) in [5.41, 5.74) is 0. The van der Waals surface area contributed by atoms with E-state index in [0.29, 0.717) is 19.3 Å². The molecule has 0 aromatic rings. The molecule has 3 N–H and O–H groups in total. The van der Waals surface area contributed by atoms with Crippen molar-refractivity contribution >= 4 is 11.9 Å². The highest BCUT2D eigenvalue weighted by Crippen LogP contribution is 2.18. The molecule has 0 rings (SSSR count). The summed E-state index contributed by atoms with van der Waals surface area (Å²) in [6.07, 6.45) is 44.2. The molecule has 0 aliphatic rings. The van der Waals surface area contributed by atoms with E-state index in [2.05, 4.69) is 38.2 Å². The molecule has 0 radical (unpaired) electrons. The number of aliphatic hydroxyl groups is 2. The Labute approximate surface area is 329 Å². The number of carbonyl (C=O) groups is 2. The van der Waals surface area contributed by atoms with E-state index in [1.807, 2.05) is 0 Å². The number of aliphatic hydroxyl groups excluding tert-OH is 2. The Morgan fingerprint density at radius 3 is 1.40 bits per heavy atom. The number of hydrogen-bond donors (Lipinski definition) is 3. The Balaban J connectivity index is 4.47. The van der Waals surface area contributed by atoms with Gasteiger partial charge in [0.25, 0.3) is 0 Å². The molecule has 0 saturated carbocycles. The molecule has 0 aliphatic heterocycles. The minimum Gasteiger partial charge on any atom is -0.462 e. The molecule has 0 heterocycles. The largest absolute Gasteiger partial charge is 0.462 e. The molecule has 0 aromatic heterocycles. The summed E-state index contributed by atoms with van der Waals surface area (Å²) >= 11 is 0. The topological polar surface area (TPSA) is 95.9 Å². The Morgan fingerprint density at radius 2 is 0.925 bits per heavy atom. The van der Waals surface area contributed by atoms with Crippen LogP contribution in [0.4, 0.5) is 0 Å². The lowest BCUT2D eigenvalue weighted by Gasteiger charge is -2.24. The number of ether oxygens (including phenoxy) is 1. The average molecular weight is 750 g/mol. The zero-order valence-electron chi connectivity index (χ0n) is 35.7. The average Bonchev–Trinajstić information content (AvgIpc) is 3.15. The number of unbranched alkanes of at least 4 members (excludes halogenated alkanes) is 28. The van der Waals surface area contributed by atoms with Gasteiger partial charge in [-0.1, -0.05) is 206 Å². The first-order valence-corrected chi connectivity index (χ1v) is 23.4. The number of rotatable bonds is 42. The van der Waals surface area contributed by atoms with E-state index < -0.39 is 18.2 Å². The van der Waals surface area contributed by atoms with Crippen molar-refractivity contribution < 1.29 is 24.5 Å². The van der Waals surface area contributed by atoms with E-state index in [1.54, 1.807) is 0 Å². The van der Waals surface area contributed by atoms with Gasteiger partial charge < -0.3 is 20.3 Å². The molecule has 3 unspecified atom stereocenters. The number of nitrogens with one attached hydrogen (secondary N) is 1. The molecule has 53 heavy (non-hydrogen) atoms. The van der Waals surface area contributed by atoms with Crippen LogP contribution in [0.3, 0.4) is 0 Å². The predicted molar refractivity (Wildman–Crippen MR) is 227 cm³/mol. The number of esters is 1. The molecule has 0 saturated heterocycles. The molecule has 0 bridgehead atoms. The molecule has 0 fully saturated rings. The molecule has 0 aliphatic carbocycles. The third-order valence-electron chi connectivity index (χ3n) is 10.8. The fourth-order valence-corrected chi connectivity index (χ4v) is 7.23. The van der Waals surface area contributed by atoms with Crippen LogP contribution in [0.15, 0.2) is 12.2 Å². The zero-order chi connectivity index (χ0) is 38.9. The van der Waals surface area contributed by atoms with Crippen molar-refractivity contribution in [1.82, 2.24) is 5.32 Å². The highest BCUT2D eigenvalue weighted by atomic mass is 16.5. The summed E-state index contributed by atoms with van der Waals surface area (Å²) in [7, 11) is 0. The van der Waals surface area contributed by atoms with Gasteiger partial charge >= 0.3 is 5.97 Å². The van der Waals surface area contributed by atoms with E-state index in [4.69, 9.17) is 4.74 Å². The second-order valence-corrected chi connectivity index (χ2v) is 16.2. The van der Waals surface area contributed by atoms with Gasteiger partial charge in [0.05, 0.1) is 25.2 Å². The third kappa shape index (κ3) is 37.3. The maximum absolute atomic E-state index is 13.1. The third-order valence-corrected chi connectivity index (χ3v) is 10.8. The molecule has 3 atom stereocenters. The Hall–Kier alpha value is -1.40. The van der Waals surface area contributed by atoms with Crippen molar-refractivity contribution in [3.63, 3.8) is 0 Å². The molecular weight excluding hydrogens is 659 g/mol. The first kappa shape index (κ1) is 51.6. The Kier molecular flexibility index (Phi) is 40.7. The van der Waals surface area contributed by atoms with Crippen molar-refractivity contribution in [3.8, 4) is 0 Å². The van der Waals surface area contributed by atoms with E-state index >= 15 is 0 Å². The quantitative estimate of drug-likeness (QED) is 0.0328. The van der Waals surface area contributed by atoms with Crippen molar-refractivity contribution in [2.45, 2.75) is 270 Å². The van der Waals surface area contributed by atoms with E-state index in [-0.39, 0.29) is 24.9 Å². The molecule has 6 nitrogen and oxygen atoms in total. The number of allylic oxidation sites excluding steroid dienone is 2. The van der Waals surface area contributed by atoms with Gasteiger partial charge in [0.1, 0.15) is 6.10 Å². The highest BCUT2D eigenvalue weighted by molar-refractivity contribution is 5.77. The normalized spacial score (nSPS) is 13.4. The minimum absolute atomic E-state index is 0.0724. The summed E-state index contributed by atoms with van der Waals surface area (Å²) < 4.78 is 5.88. The van der Waals surface area contributed by atoms with Crippen molar-refractivity contribution in [2.75, 3.05) is 6.61 Å². The number of amides is 1. The van der Waals surface area contributed by atoms with E-state index in [1.165, 1.54) is 141 Å². The highest BCUT2D eigenvalue weighted by Gasteiger charge is 2.24. The van der Waals surface area contributed by atoms with Gasteiger partial charge in [-0.05, 0) is 44.9 Å². The van der Waals surface area contributed by atoms with Crippen LogP contribution in [0.5, 0.6) is 0 Å². The first-order valence-electron chi connectivity index (χ1n) is 23.4. The predicted octanol–water partition coefficient (Wildman–Crippen LogP) is 13.4. The van der Waals surface area contributed by atoms with Gasteiger partial charge in [0.2, 0.25) is 5.91 Å². The fraction of sp³-hybridized carbons (Fsp3) is 0.915. The second-order valence-electron chi connectivity index (χ2n) is 16.2. The van der Waals surface area contributed by atoms with Gasteiger partial charge in [0.15, 0.2) is 0 Å². The van der Waals surface area contributed by atoms with Gasteiger partial charge in [-0.2, -0.15) is 0 Å². The molecule has 1 amide bonds. The Bertz CT molecular complexity index is 802. The smallest absolute Gasteiger partial charge is 0.306 e. The number of carbonyl (C=O) groups excluding carboxylic acids is 2. The molecule has 0 aromatic carbocycles. The zero-order valence-corrected chi connectivity index (χ0v) is 35.7. The van der Waals surface area contributed by atoms with E-state index in [0.717, 1.165) is 64.2 Å². The van der Waals surface area contributed by atoms with Crippen molar-refractivity contribution in [1.29, 1.82) is 0 Å². The lowest BCUT2D eigenvalue weighted by molar-refractivity contribution is -0.151. The molecular formula is C47H91NO5. The van der Waals surface area contributed by atoms with Gasteiger partial charge in [-0.15, -0.1) is 0 Å².